The minimum absolute atomic E-state index is 0.140. The zero-order valence-electron chi connectivity index (χ0n) is 6.20. The lowest BCUT2D eigenvalue weighted by molar-refractivity contribution is 0.107. The maximum atomic E-state index is 13.1. The fourth-order valence-electron chi connectivity index (χ4n) is 0.813. The second-order valence-electron chi connectivity index (χ2n) is 2.31. The molecule has 12 heavy (non-hydrogen) atoms. The van der Waals surface area contributed by atoms with Gasteiger partial charge in [0.05, 0.1) is 5.56 Å². The number of carbonyl (C=O) groups is 1. The van der Waals surface area contributed by atoms with Crippen molar-refractivity contribution in [1.82, 2.24) is 0 Å². The largest absolute Gasteiger partial charge is 0.275 e. The van der Waals surface area contributed by atoms with E-state index in [-0.39, 0.29) is 16.1 Å². The van der Waals surface area contributed by atoms with Crippen molar-refractivity contribution in [3.8, 4) is 0 Å². The first-order chi connectivity index (χ1) is 5.54. The van der Waals surface area contributed by atoms with Gasteiger partial charge in [0.15, 0.2) is 0 Å². The predicted octanol–water partition coefficient (Wildman–Crippen LogP) is 3.17. The molecule has 64 valence electrons. The van der Waals surface area contributed by atoms with Crippen LogP contribution in [-0.4, -0.2) is 5.24 Å². The van der Waals surface area contributed by atoms with Gasteiger partial charge in [0, 0.05) is 10.6 Å². The Kier molecular flexibility index (Phi) is 2.70. The van der Waals surface area contributed by atoms with E-state index in [0.717, 1.165) is 0 Å². The molecule has 1 nitrogen and oxygen atoms in total. The third kappa shape index (κ3) is 1.59. The summed E-state index contributed by atoms with van der Waals surface area (Å²) < 4.78 is 13.1. The van der Waals surface area contributed by atoms with Gasteiger partial charge in [0.25, 0.3) is 5.24 Å². The van der Waals surface area contributed by atoms with Crippen LogP contribution in [0.1, 0.15) is 15.9 Å². The summed E-state index contributed by atoms with van der Waals surface area (Å²) in [5.41, 5.74) is 0.0988. The average molecular weight is 207 g/mol. The standard InChI is InChI=1S/C8H5Cl2FO/c1-4-6(9)3-2-5(7(4)11)8(10)12/h2-3H,1H3. The van der Waals surface area contributed by atoms with Gasteiger partial charge in [-0.25, -0.2) is 4.39 Å². The predicted molar refractivity (Wildman–Crippen MR) is 46.3 cm³/mol. The second-order valence-corrected chi connectivity index (χ2v) is 3.06. The summed E-state index contributed by atoms with van der Waals surface area (Å²) >= 11 is 10.7. The molecule has 0 aromatic heterocycles. The maximum Gasteiger partial charge on any atom is 0.255 e. The molecule has 0 heterocycles. The summed E-state index contributed by atoms with van der Waals surface area (Å²) in [6.45, 7) is 1.49. The fraction of sp³-hybridized carbons (Fsp3) is 0.125. The topological polar surface area (TPSA) is 17.1 Å². The molecular formula is C8H5Cl2FO. The normalized spacial score (nSPS) is 10.0. The molecular weight excluding hydrogens is 202 g/mol. The molecule has 0 radical (unpaired) electrons. The number of rotatable bonds is 1. The Labute approximate surface area is 79.1 Å². The van der Waals surface area contributed by atoms with Crippen molar-refractivity contribution in [1.29, 1.82) is 0 Å². The third-order valence-electron chi connectivity index (χ3n) is 1.53. The van der Waals surface area contributed by atoms with Crippen molar-refractivity contribution in [2.45, 2.75) is 6.92 Å². The van der Waals surface area contributed by atoms with Gasteiger partial charge in [-0.15, -0.1) is 0 Å². The number of halogens is 3. The Morgan fingerprint density at radius 2 is 2.08 bits per heavy atom. The Morgan fingerprint density at radius 3 is 2.58 bits per heavy atom. The molecule has 0 bridgehead atoms. The molecule has 1 rings (SSSR count). The molecule has 0 aliphatic rings. The number of carbonyl (C=O) groups excluding carboxylic acids is 1. The molecule has 0 unspecified atom stereocenters. The van der Waals surface area contributed by atoms with Crippen molar-refractivity contribution in [3.63, 3.8) is 0 Å². The first kappa shape index (κ1) is 9.49. The smallest absolute Gasteiger partial charge is 0.255 e. The first-order valence-electron chi connectivity index (χ1n) is 3.18. The molecule has 1 aromatic rings. The van der Waals surface area contributed by atoms with Crippen molar-refractivity contribution in [3.05, 3.63) is 34.1 Å². The van der Waals surface area contributed by atoms with Crippen molar-refractivity contribution in [2.24, 2.45) is 0 Å². The summed E-state index contributed by atoms with van der Waals surface area (Å²) in [7, 11) is 0. The van der Waals surface area contributed by atoms with E-state index in [4.69, 9.17) is 23.2 Å². The quantitative estimate of drug-likeness (QED) is 0.646. The highest BCUT2D eigenvalue weighted by Gasteiger charge is 2.12. The van der Waals surface area contributed by atoms with Crippen LogP contribution in [0.5, 0.6) is 0 Å². The zero-order valence-corrected chi connectivity index (χ0v) is 7.71. The van der Waals surface area contributed by atoms with Gasteiger partial charge in [0.1, 0.15) is 5.82 Å². The Hall–Kier alpha value is -0.600. The third-order valence-corrected chi connectivity index (χ3v) is 2.15. The lowest BCUT2D eigenvalue weighted by Gasteiger charge is -2.01. The van der Waals surface area contributed by atoms with E-state index in [0.29, 0.717) is 0 Å². The molecule has 0 fully saturated rings. The Morgan fingerprint density at radius 1 is 1.50 bits per heavy atom. The lowest BCUT2D eigenvalue weighted by atomic mass is 10.1. The highest BCUT2D eigenvalue weighted by atomic mass is 35.5. The van der Waals surface area contributed by atoms with Gasteiger partial charge >= 0.3 is 0 Å². The number of benzene rings is 1. The van der Waals surface area contributed by atoms with E-state index in [1.807, 2.05) is 0 Å². The molecule has 4 heteroatoms. The van der Waals surface area contributed by atoms with Crippen molar-refractivity contribution < 1.29 is 9.18 Å². The minimum atomic E-state index is -0.813. The Balaban J connectivity index is 3.36. The van der Waals surface area contributed by atoms with E-state index in [1.165, 1.54) is 19.1 Å². The van der Waals surface area contributed by atoms with Crippen LogP contribution in [0.4, 0.5) is 4.39 Å². The van der Waals surface area contributed by atoms with E-state index in [9.17, 15) is 9.18 Å². The van der Waals surface area contributed by atoms with Crippen LogP contribution < -0.4 is 0 Å². The second kappa shape index (κ2) is 3.42. The number of hydrogen-bond donors (Lipinski definition) is 0. The van der Waals surface area contributed by atoms with Crippen LogP contribution in [0, 0.1) is 12.7 Å². The summed E-state index contributed by atoms with van der Waals surface area (Å²) in [5.74, 6) is -0.650. The molecule has 0 aliphatic carbocycles. The molecule has 0 N–H and O–H groups in total. The van der Waals surface area contributed by atoms with Crippen LogP contribution in [0.25, 0.3) is 0 Å². The van der Waals surface area contributed by atoms with Crippen LogP contribution in [0.3, 0.4) is 0 Å². The number of hydrogen-bond acceptors (Lipinski definition) is 1. The van der Waals surface area contributed by atoms with Crippen molar-refractivity contribution in [2.75, 3.05) is 0 Å². The molecule has 0 spiro atoms. The van der Waals surface area contributed by atoms with E-state index >= 15 is 0 Å². The summed E-state index contributed by atoms with van der Waals surface area (Å²) in [6.07, 6.45) is 0. The van der Waals surface area contributed by atoms with Gasteiger partial charge in [-0.3, -0.25) is 4.79 Å². The molecule has 0 saturated heterocycles. The van der Waals surface area contributed by atoms with Gasteiger partial charge in [0.2, 0.25) is 0 Å². The van der Waals surface area contributed by atoms with Gasteiger partial charge < -0.3 is 0 Å². The lowest BCUT2D eigenvalue weighted by Crippen LogP contribution is -1.97. The Bertz CT molecular complexity index is 336. The zero-order chi connectivity index (χ0) is 9.30. The minimum Gasteiger partial charge on any atom is -0.275 e. The average Bonchev–Trinajstić information content (AvgIpc) is 2.00. The van der Waals surface area contributed by atoms with Crippen LogP contribution in [0.2, 0.25) is 5.02 Å². The fourth-order valence-corrected chi connectivity index (χ4v) is 1.11. The molecule has 0 atom stereocenters. The van der Waals surface area contributed by atoms with E-state index in [1.54, 1.807) is 0 Å². The molecule has 0 amide bonds. The van der Waals surface area contributed by atoms with Gasteiger partial charge in [-0.1, -0.05) is 11.6 Å². The van der Waals surface area contributed by atoms with Crippen molar-refractivity contribution >= 4 is 28.4 Å². The monoisotopic (exact) mass is 206 g/mol. The van der Waals surface area contributed by atoms with Crippen LogP contribution in [0.15, 0.2) is 12.1 Å². The van der Waals surface area contributed by atoms with Crippen LogP contribution >= 0.6 is 23.2 Å². The van der Waals surface area contributed by atoms with Gasteiger partial charge in [-0.2, -0.15) is 0 Å². The van der Waals surface area contributed by atoms with Crippen LogP contribution in [-0.2, 0) is 0 Å². The maximum absolute atomic E-state index is 13.1. The highest BCUT2D eigenvalue weighted by Crippen LogP contribution is 2.21. The summed E-state index contributed by atoms with van der Waals surface area (Å²) in [4.78, 5) is 10.6. The summed E-state index contributed by atoms with van der Waals surface area (Å²) in [6, 6.07) is 2.70. The molecule has 0 aliphatic heterocycles. The van der Waals surface area contributed by atoms with Gasteiger partial charge in [-0.05, 0) is 30.7 Å². The van der Waals surface area contributed by atoms with E-state index < -0.39 is 11.1 Å². The SMILES string of the molecule is Cc1c(Cl)ccc(C(=O)Cl)c1F. The van der Waals surface area contributed by atoms with E-state index in [2.05, 4.69) is 0 Å². The molecule has 1 aromatic carbocycles. The highest BCUT2D eigenvalue weighted by molar-refractivity contribution is 6.67. The molecule has 0 saturated carbocycles. The first-order valence-corrected chi connectivity index (χ1v) is 3.94. The summed E-state index contributed by atoms with van der Waals surface area (Å²) in [5, 5.41) is -0.526.